The fourth-order valence-electron chi connectivity index (χ4n) is 1.64. The van der Waals surface area contributed by atoms with Gasteiger partial charge in [0.15, 0.2) is 0 Å². The largest absolute Gasteiger partial charge is 0.198 e. The van der Waals surface area contributed by atoms with Crippen molar-refractivity contribution < 1.29 is 0 Å². The third-order valence-corrected chi connectivity index (χ3v) is 2.54. The lowest BCUT2D eigenvalue weighted by Gasteiger charge is -2.27. The smallest absolute Gasteiger partial charge is 0.0687 e. The SMILES string of the molecule is CC1C=CC(C)C(C#N)C1C#N. The zero-order valence-corrected chi connectivity index (χ0v) is 7.36. The monoisotopic (exact) mass is 160 g/mol. The van der Waals surface area contributed by atoms with Gasteiger partial charge in [0, 0.05) is 0 Å². The molecule has 0 aromatic heterocycles. The Kier molecular flexibility index (Phi) is 2.51. The van der Waals surface area contributed by atoms with E-state index in [2.05, 4.69) is 12.1 Å². The first-order valence-corrected chi connectivity index (χ1v) is 4.18. The van der Waals surface area contributed by atoms with E-state index in [9.17, 15) is 0 Å². The van der Waals surface area contributed by atoms with Crippen LogP contribution in [0.2, 0.25) is 0 Å². The maximum Gasteiger partial charge on any atom is 0.0687 e. The van der Waals surface area contributed by atoms with E-state index in [1.54, 1.807) is 0 Å². The minimum atomic E-state index is -0.130. The van der Waals surface area contributed by atoms with Crippen LogP contribution in [0.15, 0.2) is 12.2 Å². The Morgan fingerprint density at radius 1 is 0.917 bits per heavy atom. The fourth-order valence-corrected chi connectivity index (χ4v) is 1.64. The molecule has 1 aliphatic rings. The highest BCUT2D eigenvalue weighted by molar-refractivity contribution is 5.14. The minimum Gasteiger partial charge on any atom is -0.198 e. The summed E-state index contributed by atoms with van der Waals surface area (Å²) in [5, 5.41) is 17.7. The number of hydrogen-bond acceptors (Lipinski definition) is 2. The van der Waals surface area contributed by atoms with E-state index in [0.29, 0.717) is 0 Å². The zero-order valence-electron chi connectivity index (χ0n) is 7.36. The lowest BCUT2D eigenvalue weighted by molar-refractivity contribution is 0.329. The maximum absolute atomic E-state index is 8.85. The second-order valence-electron chi connectivity index (χ2n) is 3.41. The van der Waals surface area contributed by atoms with Crippen molar-refractivity contribution in [3.63, 3.8) is 0 Å². The fraction of sp³-hybridized carbons (Fsp3) is 0.600. The lowest BCUT2D eigenvalue weighted by Crippen LogP contribution is -2.26. The highest BCUT2D eigenvalue weighted by atomic mass is 14.4. The first kappa shape index (κ1) is 8.81. The third kappa shape index (κ3) is 1.34. The molecule has 0 fully saturated rings. The van der Waals surface area contributed by atoms with Crippen LogP contribution in [-0.2, 0) is 0 Å². The number of nitriles is 2. The average Bonchev–Trinajstić information content (AvgIpc) is 2.08. The second kappa shape index (κ2) is 3.41. The summed E-state index contributed by atoms with van der Waals surface area (Å²) in [6, 6.07) is 4.42. The highest BCUT2D eigenvalue weighted by Gasteiger charge is 2.32. The molecule has 0 radical (unpaired) electrons. The van der Waals surface area contributed by atoms with Crippen molar-refractivity contribution in [3.05, 3.63) is 12.2 Å². The Balaban J connectivity index is 2.92. The molecule has 4 atom stereocenters. The van der Waals surface area contributed by atoms with Gasteiger partial charge >= 0.3 is 0 Å². The zero-order chi connectivity index (χ0) is 9.14. The van der Waals surface area contributed by atoms with Gasteiger partial charge < -0.3 is 0 Å². The Labute approximate surface area is 73.1 Å². The topological polar surface area (TPSA) is 47.6 Å². The van der Waals surface area contributed by atoms with Gasteiger partial charge in [-0.25, -0.2) is 0 Å². The normalized spacial score (nSPS) is 40.0. The molecule has 0 heterocycles. The molecule has 62 valence electrons. The van der Waals surface area contributed by atoms with Crippen molar-refractivity contribution in [2.75, 3.05) is 0 Å². The quantitative estimate of drug-likeness (QED) is 0.509. The summed E-state index contributed by atoms with van der Waals surface area (Å²) in [6.07, 6.45) is 4.07. The van der Waals surface area contributed by atoms with Crippen molar-refractivity contribution in [2.45, 2.75) is 13.8 Å². The standard InChI is InChI=1S/C10H12N2/c1-7-3-4-8(2)10(6-12)9(7)5-11/h3-4,7-10H,1-2H3. The van der Waals surface area contributed by atoms with E-state index >= 15 is 0 Å². The first-order chi connectivity index (χ1) is 5.70. The van der Waals surface area contributed by atoms with E-state index in [-0.39, 0.29) is 23.7 Å². The summed E-state index contributed by atoms with van der Waals surface area (Å²) < 4.78 is 0. The summed E-state index contributed by atoms with van der Waals surface area (Å²) >= 11 is 0. The molecule has 0 bridgehead atoms. The van der Waals surface area contributed by atoms with Gasteiger partial charge in [-0.2, -0.15) is 10.5 Å². The van der Waals surface area contributed by atoms with Gasteiger partial charge in [-0.3, -0.25) is 0 Å². The van der Waals surface area contributed by atoms with E-state index in [4.69, 9.17) is 10.5 Å². The van der Waals surface area contributed by atoms with Crippen LogP contribution >= 0.6 is 0 Å². The Morgan fingerprint density at radius 3 is 1.50 bits per heavy atom. The van der Waals surface area contributed by atoms with Crippen molar-refractivity contribution in [3.8, 4) is 12.1 Å². The van der Waals surface area contributed by atoms with Crippen LogP contribution in [-0.4, -0.2) is 0 Å². The first-order valence-electron chi connectivity index (χ1n) is 4.18. The minimum absolute atomic E-state index is 0.130. The predicted octanol–water partition coefficient (Wildman–Crippen LogP) is 2.11. The number of hydrogen-bond donors (Lipinski definition) is 0. The molecule has 0 spiro atoms. The third-order valence-electron chi connectivity index (χ3n) is 2.54. The molecule has 0 amide bonds. The van der Waals surface area contributed by atoms with Gasteiger partial charge in [0.2, 0.25) is 0 Å². The van der Waals surface area contributed by atoms with Crippen molar-refractivity contribution in [2.24, 2.45) is 23.7 Å². The summed E-state index contributed by atoms with van der Waals surface area (Å²) in [4.78, 5) is 0. The highest BCUT2D eigenvalue weighted by Crippen LogP contribution is 2.32. The van der Waals surface area contributed by atoms with Crippen molar-refractivity contribution in [1.82, 2.24) is 0 Å². The van der Waals surface area contributed by atoms with Crippen LogP contribution in [0.4, 0.5) is 0 Å². The van der Waals surface area contributed by atoms with Crippen LogP contribution in [0.1, 0.15) is 13.8 Å². The molecular formula is C10H12N2. The summed E-state index contributed by atoms with van der Waals surface area (Å²) in [6.45, 7) is 3.97. The predicted molar refractivity (Wildman–Crippen MR) is 45.7 cm³/mol. The summed E-state index contributed by atoms with van der Waals surface area (Å²) in [7, 11) is 0. The second-order valence-corrected chi connectivity index (χ2v) is 3.41. The average molecular weight is 160 g/mol. The van der Waals surface area contributed by atoms with E-state index < -0.39 is 0 Å². The molecule has 4 unspecified atom stereocenters. The number of rotatable bonds is 0. The molecule has 0 aromatic carbocycles. The molecule has 0 N–H and O–H groups in total. The van der Waals surface area contributed by atoms with Gasteiger partial charge in [-0.1, -0.05) is 26.0 Å². The molecule has 1 aliphatic carbocycles. The molecular weight excluding hydrogens is 148 g/mol. The molecule has 2 nitrogen and oxygen atoms in total. The van der Waals surface area contributed by atoms with Gasteiger partial charge in [0.25, 0.3) is 0 Å². The molecule has 12 heavy (non-hydrogen) atoms. The van der Waals surface area contributed by atoms with E-state index in [0.717, 1.165) is 0 Å². The molecule has 2 heteroatoms. The van der Waals surface area contributed by atoms with Crippen LogP contribution in [0.25, 0.3) is 0 Å². The van der Waals surface area contributed by atoms with Crippen LogP contribution < -0.4 is 0 Å². The van der Waals surface area contributed by atoms with Gasteiger partial charge in [-0.05, 0) is 11.8 Å². The Bertz CT molecular complexity index is 239. The molecule has 0 aromatic rings. The van der Waals surface area contributed by atoms with Crippen molar-refractivity contribution in [1.29, 1.82) is 10.5 Å². The lowest BCUT2D eigenvalue weighted by atomic mass is 9.73. The summed E-state index contributed by atoms with van der Waals surface area (Å²) in [5.41, 5.74) is 0. The van der Waals surface area contributed by atoms with Gasteiger partial charge in [0.05, 0.1) is 24.0 Å². The number of nitrogens with zero attached hydrogens (tertiary/aromatic N) is 2. The molecule has 1 rings (SSSR count). The van der Waals surface area contributed by atoms with E-state index in [1.165, 1.54) is 0 Å². The van der Waals surface area contributed by atoms with E-state index in [1.807, 2.05) is 26.0 Å². The number of allylic oxidation sites excluding steroid dienone is 2. The van der Waals surface area contributed by atoms with Crippen LogP contribution in [0.5, 0.6) is 0 Å². The molecule has 0 saturated carbocycles. The molecule has 0 saturated heterocycles. The van der Waals surface area contributed by atoms with Gasteiger partial charge in [-0.15, -0.1) is 0 Å². The molecule has 0 aliphatic heterocycles. The summed E-state index contributed by atoms with van der Waals surface area (Å²) in [5.74, 6) is 0.177. The van der Waals surface area contributed by atoms with Crippen LogP contribution in [0.3, 0.4) is 0 Å². The van der Waals surface area contributed by atoms with Crippen molar-refractivity contribution >= 4 is 0 Å². The Morgan fingerprint density at radius 2 is 1.25 bits per heavy atom. The van der Waals surface area contributed by atoms with Gasteiger partial charge in [0.1, 0.15) is 0 Å². The Hall–Kier alpha value is -1.28. The van der Waals surface area contributed by atoms with Crippen LogP contribution in [0, 0.1) is 46.3 Å². The maximum atomic E-state index is 8.85.